The van der Waals surface area contributed by atoms with E-state index in [2.05, 4.69) is 10.5 Å². The zero-order valence-corrected chi connectivity index (χ0v) is 11.4. The molecule has 6 nitrogen and oxygen atoms in total. The predicted molar refractivity (Wildman–Crippen MR) is 78.9 cm³/mol. The van der Waals surface area contributed by atoms with E-state index in [1.54, 1.807) is 12.1 Å². The molecule has 7 heteroatoms. The first-order valence-corrected chi connectivity index (χ1v) is 6.36. The summed E-state index contributed by atoms with van der Waals surface area (Å²) in [6.45, 7) is 0. The molecule has 2 rings (SSSR count). The lowest BCUT2D eigenvalue weighted by Crippen LogP contribution is -2.19. The number of nitrogens with one attached hydrogen (secondary N) is 1. The molecule has 0 aromatic heterocycles. The number of carbonyl (C=O) groups is 1. The Kier molecular flexibility index (Phi) is 4.92. The lowest BCUT2D eigenvalue weighted by Gasteiger charge is -2.00. The van der Waals surface area contributed by atoms with E-state index in [-0.39, 0.29) is 17.7 Å². The highest BCUT2D eigenvalue weighted by molar-refractivity contribution is 5.83. The molecule has 0 saturated heterocycles. The fraction of sp³-hybridized carbons (Fsp3) is 0.0667. The molecular weight excluding hydrogens is 289 g/mol. The van der Waals surface area contributed by atoms with Crippen LogP contribution in [0, 0.1) is 15.9 Å². The quantitative estimate of drug-likeness (QED) is 0.523. The Morgan fingerprint density at radius 2 is 1.91 bits per heavy atom. The summed E-state index contributed by atoms with van der Waals surface area (Å²) in [6.07, 6.45) is 1.23. The van der Waals surface area contributed by atoms with Crippen LogP contribution in [0.5, 0.6) is 0 Å². The Hall–Kier alpha value is -3.09. The van der Waals surface area contributed by atoms with Crippen LogP contribution in [0.4, 0.5) is 10.1 Å². The zero-order chi connectivity index (χ0) is 15.9. The molecule has 0 unspecified atom stereocenters. The van der Waals surface area contributed by atoms with E-state index < -0.39 is 16.6 Å². The third-order valence-corrected chi connectivity index (χ3v) is 2.81. The average molecular weight is 301 g/mol. The van der Waals surface area contributed by atoms with Crippen LogP contribution in [0.2, 0.25) is 0 Å². The molecule has 1 N–H and O–H groups in total. The fourth-order valence-corrected chi connectivity index (χ4v) is 1.71. The molecule has 0 bridgehead atoms. The number of halogens is 1. The van der Waals surface area contributed by atoms with Gasteiger partial charge in [0.15, 0.2) is 0 Å². The van der Waals surface area contributed by atoms with Crippen LogP contribution in [0.15, 0.2) is 53.6 Å². The van der Waals surface area contributed by atoms with Gasteiger partial charge in [-0.05, 0) is 11.6 Å². The molecule has 1 amide bonds. The molecule has 0 aliphatic carbocycles. The first-order chi connectivity index (χ1) is 10.6. The largest absolute Gasteiger partial charge is 0.273 e. The second-order valence-electron chi connectivity index (χ2n) is 4.42. The maximum Gasteiger partial charge on any atom is 0.269 e. The van der Waals surface area contributed by atoms with Crippen LogP contribution in [0.25, 0.3) is 0 Å². The van der Waals surface area contributed by atoms with Gasteiger partial charge >= 0.3 is 0 Å². The predicted octanol–water partition coefficient (Wildman–Crippen LogP) is 2.43. The molecular formula is C15H12FN3O3. The number of rotatable bonds is 5. The first kappa shape index (κ1) is 15.3. The van der Waals surface area contributed by atoms with E-state index in [4.69, 9.17) is 0 Å². The summed E-state index contributed by atoms with van der Waals surface area (Å²) in [5.74, 6) is -0.836. The SMILES string of the molecule is O=C(Cc1ccc([N+](=O)[O-])cc1)N/N=C\c1ccccc1F. The van der Waals surface area contributed by atoms with E-state index in [0.717, 1.165) is 0 Å². The highest BCUT2D eigenvalue weighted by Gasteiger charge is 2.06. The minimum absolute atomic E-state index is 0.0204. The molecule has 0 atom stereocenters. The Balaban J connectivity index is 1.90. The number of nitro benzene ring substituents is 1. The van der Waals surface area contributed by atoms with Gasteiger partial charge in [-0.25, -0.2) is 9.82 Å². The molecule has 112 valence electrons. The zero-order valence-electron chi connectivity index (χ0n) is 11.4. The summed E-state index contributed by atoms with van der Waals surface area (Å²) in [7, 11) is 0. The highest BCUT2D eigenvalue weighted by Crippen LogP contribution is 2.12. The maximum absolute atomic E-state index is 13.3. The van der Waals surface area contributed by atoms with E-state index in [1.807, 2.05) is 0 Å². The monoisotopic (exact) mass is 301 g/mol. The minimum Gasteiger partial charge on any atom is -0.273 e. The number of nitro groups is 1. The van der Waals surface area contributed by atoms with Crippen molar-refractivity contribution in [3.8, 4) is 0 Å². The van der Waals surface area contributed by atoms with Crippen molar-refractivity contribution in [2.24, 2.45) is 5.10 Å². The summed E-state index contributed by atoms with van der Waals surface area (Å²) in [5.41, 5.74) is 3.11. The molecule has 0 saturated carbocycles. The molecule has 0 aliphatic heterocycles. The molecule has 0 heterocycles. The Labute approximate surface area is 125 Å². The van der Waals surface area contributed by atoms with Crippen LogP contribution in [0.1, 0.15) is 11.1 Å². The van der Waals surface area contributed by atoms with Crippen LogP contribution in [0.3, 0.4) is 0 Å². The summed E-state index contributed by atoms with van der Waals surface area (Å²) >= 11 is 0. The van der Waals surface area contributed by atoms with Gasteiger partial charge in [0.25, 0.3) is 5.69 Å². The minimum atomic E-state index is -0.511. The van der Waals surface area contributed by atoms with Crippen molar-refractivity contribution in [3.05, 3.63) is 75.6 Å². The normalized spacial score (nSPS) is 10.6. The number of hydrogen-bond donors (Lipinski definition) is 1. The van der Waals surface area contributed by atoms with Gasteiger partial charge in [-0.3, -0.25) is 14.9 Å². The molecule has 0 aliphatic rings. The van der Waals surface area contributed by atoms with Crippen LogP contribution < -0.4 is 5.43 Å². The van der Waals surface area contributed by atoms with E-state index in [9.17, 15) is 19.3 Å². The Morgan fingerprint density at radius 3 is 2.55 bits per heavy atom. The van der Waals surface area contributed by atoms with Crippen molar-refractivity contribution < 1.29 is 14.1 Å². The van der Waals surface area contributed by atoms with Gasteiger partial charge in [0.1, 0.15) is 5.82 Å². The maximum atomic E-state index is 13.3. The van der Waals surface area contributed by atoms with E-state index in [0.29, 0.717) is 5.56 Å². The summed E-state index contributed by atoms with van der Waals surface area (Å²) in [6, 6.07) is 11.7. The van der Waals surface area contributed by atoms with Gasteiger partial charge in [0.2, 0.25) is 5.91 Å². The third-order valence-electron chi connectivity index (χ3n) is 2.81. The molecule has 22 heavy (non-hydrogen) atoms. The average Bonchev–Trinajstić information content (AvgIpc) is 2.50. The van der Waals surface area contributed by atoms with Gasteiger partial charge in [-0.15, -0.1) is 0 Å². The van der Waals surface area contributed by atoms with Crippen LogP contribution in [-0.4, -0.2) is 17.0 Å². The van der Waals surface area contributed by atoms with E-state index in [1.165, 1.54) is 42.6 Å². The molecule has 2 aromatic rings. The van der Waals surface area contributed by atoms with Gasteiger partial charge in [-0.2, -0.15) is 5.10 Å². The second-order valence-corrected chi connectivity index (χ2v) is 4.42. The number of benzene rings is 2. The summed E-state index contributed by atoms with van der Waals surface area (Å²) in [5, 5.41) is 14.2. The third kappa shape index (κ3) is 4.20. The van der Waals surface area contributed by atoms with Gasteiger partial charge in [-0.1, -0.05) is 30.3 Å². The lowest BCUT2D eigenvalue weighted by atomic mass is 10.1. The number of non-ortho nitro benzene ring substituents is 1. The Morgan fingerprint density at radius 1 is 1.23 bits per heavy atom. The van der Waals surface area contributed by atoms with Crippen molar-refractivity contribution in [1.82, 2.24) is 5.43 Å². The van der Waals surface area contributed by atoms with Crippen molar-refractivity contribution in [2.75, 3.05) is 0 Å². The summed E-state index contributed by atoms with van der Waals surface area (Å²) < 4.78 is 13.3. The van der Waals surface area contributed by atoms with Gasteiger partial charge in [0, 0.05) is 17.7 Å². The fourth-order valence-electron chi connectivity index (χ4n) is 1.71. The smallest absolute Gasteiger partial charge is 0.269 e. The van der Waals surface area contributed by atoms with Gasteiger partial charge in [0.05, 0.1) is 17.6 Å². The van der Waals surface area contributed by atoms with Crippen LogP contribution in [-0.2, 0) is 11.2 Å². The van der Waals surface area contributed by atoms with Crippen LogP contribution >= 0.6 is 0 Å². The number of hydrogen-bond acceptors (Lipinski definition) is 4. The number of carbonyl (C=O) groups excluding carboxylic acids is 1. The van der Waals surface area contributed by atoms with Crippen molar-refractivity contribution in [3.63, 3.8) is 0 Å². The lowest BCUT2D eigenvalue weighted by molar-refractivity contribution is -0.384. The number of nitrogens with zero attached hydrogens (tertiary/aromatic N) is 2. The van der Waals surface area contributed by atoms with Crippen molar-refractivity contribution in [2.45, 2.75) is 6.42 Å². The molecule has 2 aromatic carbocycles. The molecule has 0 fully saturated rings. The topological polar surface area (TPSA) is 84.6 Å². The highest BCUT2D eigenvalue weighted by atomic mass is 19.1. The molecule has 0 radical (unpaired) electrons. The number of hydrazone groups is 1. The van der Waals surface area contributed by atoms with Gasteiger partial charge < -0.3 is 0 Å². The van der Waals surface area contributed by atoms with Crippen molar-refractivity contribution in [1.29, 1.82) is 0 Å². The second kappa shape index (κ2) is 7.07. The summed E-state index contributed by atoms with van der Waals surface area (Å²) in [4.78, 5) is 21.7. The molecule has 0 spiro atoms. The van der Waals surface area contributed by atoms with Crippen molar-refractivity contribution >= 4 is 17.8 Å². The van der Waals surface area contributed by atoms with E-state index >= 15 is 0 Å². The standard InChI is InChI=1S/C15H12FN3O3/c16-14-4-2-1-3-12(14)10-17-18-15(20)9-11-5-7-13(8-6-11)19(21)22/h1-8,10H,9H2,(H,18,20)/b17-10-. The first-order valence-electron chi connectivity index (χ1n) is 6.36. The Bertz CT molecular complexity index is 714. The number of amides is 1.